The topological polar surface area (TPSA) is 34.9 Å². The summed E-state index contributed by atoms with van der Waals surface area (Å²) in [5.74, 6) is 0.732. The second-order valence-electron chi connectivity index (χ2n) is 6.21. The smallest absolute Gasteiger partial charge is 0.267 e. The lowest BCUT2D eigenvalue weighted by molar-refractivity contribution is 0.713. The molecule has 0 unspecified atom stereocenters. The quantitative estimate of drug-likeness (QED) is 0.281. The van der Waals surface area contributed by atoms with Crippen LogP contribution in [0.4, 0.5) is 0 Å². The van der Waals surface area contributed by atoms with E-state index in [0.717, 1.165) is 46.1 Å². The summed E-state index contributed by atoms with van der Waals surface area (Å²) < 4.78 is 1.77. The van der Waals surface area contributed by atoms with Crippen LogP contribution >= 0.6 is 23.1 Å². The largest absolute Gasteiger partial charge is 0.268 e. The summed E-state index contributed by atoms with van der Waals surface area (Å²) in [7, 11) is 0. The number of aryl methyl sites for hydroxylation is 2. The van der Waals surface area contributed by atoms with Crippen molar-refractivity contribution in [2.24, 2.45) is 0 Å². The number of thiophene rings is 1. The average Bonchev–Trinajstić information content (AvgIpc) is 2.82. The van der Waals surface area contributed by atoms with E-state index in [1.54, 1.807) is 27.7 Å². The van der Waals surface area contributed by atoms with Gasteiger partial charge in [-0.25, -0.2) is 4.98 Å². The molecule has 25 heavy (non-hydrogen) atoms. The second kappa shape index (κ2) is 7.18. The Bertz CT molecular complexity index is 973. The van der Waals surface area contributed by atoms with Crippen LogP contribution in [0.3, 0.4) is 0 Å². The summed E-state index contributed by atoms with van der Waals surface area (Å²) >= 11 is 3.28. The number of hydrogen-bond donors (Lipinski definition) is 0. The van der Waals surface area contributed by atoms with E-state index >= 15 is 0 Å². The Hall–Kier alpha value is -1.85. The summed E-state index contributed by atoms with van der Waals surface area (Å²) in [6.07, 6.45) is 7.55. The van der Waals surface area contributed by atoms with Crippen molar-refractivity contribution in [3.05, 3.63) is 63.8 Å². The Labute approximate surface area is 155 Å². The maximum atomic E-state index is 13.4. The minimum Gasteiger partial charge on any atom is -0.268 e. The maximum Gasteiger partial charge on any atom is 0.267 e. The van der Waals surface area contributed by atoms with Gasteiger partial charge in [-0.05, 0) is 43.4 Å². The van der Waals surface area contributed by atoms with Crippen molar-refractivity contribution in [1.29, 1.82) is 0 Å². The summed E-state index contributed by atoms with van der Waals surface area (Å²) in [5, 5.41) is 1.59. The van der Waals surface area contributed by atoms with Crippen molar-refractivity contribution in [1.82, 2.24) is 9.55 Å². The number of para-hydroxylation sites is 1. The van der Waals surface area contributed by atoms with Gasteiger partial charge in [-0.3, -0.25) is 9.36 Å². The van der Waals surface area contributed by atoms with Crippen molar-refractivity contribution in [3.63, 3.8) is 0 Å². The molecule has 0 atom stereocenters. The van der Waals surface area contributed by atoms with Crippen LogP contribution in [-0.4, -0.2) is 15.3 Å². The molecule has 0 amide bonds. The van der Waals surface area contributed by atoms with Crippen LogP contribution in [0.2, 0.25) is 0 Å². The third kappa shape index (κ3) is 3.07. The van der Waals surface area contributed by atoms with Crippen LogP contribution in [0.1, 0.15) is 29.7 Å². The molecule has 0 fully saturated rings. The molecule has 2 heterocycles. The molecule has 4 rings (SSSR count). The molecule has 3 nitrogen and oxygen atoms in total. The lowest BCUT2D eigenvalue weighted by Crippen LogP contribution is -2.22. The molecule has 0 saturated carbocycles. The zero-order chi connectivity index (χ0) is 17.2. The van der Waals surface area contributed by atoms with Crippen molar-refractivity contribution in [2.75, 3.05) is 5.75 Å². The van der Waals surface area contributed by atoms with Gasteiger partial charge >= 0.3 is 0 Å². The highest BCUT2D eigenvalue weighted by molar-refractivity contribution is 7.99. The van der Waals surface area contributed by atoms with Gasteiger partial charge in [0.25, 0.3) is 5.56 Å². The van der Waals surface area contributed by atoms with Gasteiger partial charge in [-0.2, -0.15) is 0 Å². The van der Waals surface area contributed by atoms with Crippen LogP contribution in [0, 0.1) is 0 Å². The molecule has 5 heteroatoms. The molecule has 0 radical (unpaired) electrons. The van der Waals surface area contributed by atoms with Crippen molar-refractivity contribution >= 4 is 33.3 Å². The standard InChI is InChI=1S/C20H20N2OS2/c1-2-13-24-20-21-18-17(15-11-7-4-8-12-16(15)25-18)19(23)22(20)14-9-5-3-6-10-14/h2-3,5-6,9-10H,1,4,7-8,11-13H2. The van der Waals surface area contributed by atoms with Crippen molar-refractivity contribution in [3.8, 4) is 5.69 Å². The van der Waals surface area contributed by atoms with Gasteiger partial charge in [-0.15, -0.1) is 17.9 Å². The third-order valence-electron chi connectivity index (χ3n) is 4.55. The molecule has 3 aromatic rings. The Morgan fingerprint density at radius 2 is 2.00 bits per heavy atom. The van der Waals surface area contributed by atoms with Gasteiger partial charge in [0, 0.05) is 10.6 Å². The summed E-state index contributed by atoms with van der Waals surface area (Å²) in [4.78, 5) is 20.6. The van der Waals surface area contributed by atoms with Gasteiger partial charge in [-0.1, -0.05) is 42.5 Å². The zero-order valence-corrected chi connectivity index (χ0v) is 15.7. The van der Waals surface area contributed by atoms with E-state index in [4.69, 9.17) is 4.98 Å². The summed E-state index contributed by atoms with van der Waals surface area (Å²) in [5.41, 5.74) is 2.20. The fourth-order valence-electron chi connectivity index (χ4n) is 3.40. The summed E-state index contributed by atoms with van der Waals surface area (Å²) in [6.45, 7) is 3.79. The summed E-state index contributed by atoms with van der Waals surface area (Å²) in [6, 6.07) is 9.83. The highest BCUT2D eigenvalue weighted by atomic mass is 32.2. The van der Waals surface area contributed by atoms with Crippen LogP contribution < -0.4 is 5.56 Å². The highest BCUT2D eigenvalue weighted by Crippen LogP contribution is 2.34. The van der Waals surface area contributed by atoms with Gasteiger partial charge in [0.2, 0.25) is 0 Å². The number of hydrogen-bond acceptors (Lipinski definition) is 4. The first-order valence-corrected chi connectivity index (χ1v) is 10.5. The van der Waals surface area contributed by atoms with E-state index in [2.05, 4.69) is 6.58 Å². The molecule has 1 aliphatic carbocycles. The number of aromatic nitrogens is 2. The predicted molar refractivity (Wildman–Crippen MR) is 107 cm³/mol. The number of thioether (sulfide) groups is 1. The van der Waals surface area contributed by atoms with E-state index in [1.165, 1.54) is 23.3 Å². The molecule has 128 valence electrons. The van der Waals surface area contributed by atoms with E-state index in [1.807, 2.05) is 36.4 Å². The van der Waals surface area contributed by atoms with Crippen LogP contribution in [0.15, 0.2) is 52.9 Å². The van der Waals surface area contributed by atoms with Crippen LogP contribution in [-0.2, 0) is 12.8 Å². The van der Waals surface area contributed by atoms with Gasteiger partial charge in [0.15, 0.2) is 5.16 Å². The molecule has 0 N–H and O–H groups in total. The van der Waals surface area contributed by atoms with E-state index < -0.39 is 0 Å². The normalized spacial score (nSPS) is 14.2. The Morgan fingerprint density at radius 3 is 2.80 bits per heavy atom. The number of fused-ring (bicyclic) bond motifs is 3. The van der Waals surface area contributed by atoms with Gasteiger partial charge in [0.1, 0.15) is 4.83 Å². The maximum absolute atomic E-state index is 13.4. The molecule has 1 aliphatic rings. The third-order valence-corrected chi connectivity index (χ3v) is 6.67. The van der Waals surface area contributed by atoms with Gasteiger partial charge < -0.3 is 0 Å². The Morgan fingerprint density at radius 1 is 1.20 bits per heavy atom. The number of rotatable bonds is 4. The van der Waals surface area contributed by atoms with E-state index in [-0.39, 0.29) is 5.56 Å². The molecule has 0 saturated heterocycles. The Balaban J connectivity index is 2.00. The highest BCUT2D eigenvalue weighted by Gasteiger charge is 2.21. The first-order chi connectivity index (χ1) is 12.3. The molecular weight excluding hydrogens is 348 g/mol. The minimum absolute atomic E-state index is 0.0714. The lowest BCUT2D eigenvalue weighted by atomic mass is 10.1. The molecule has 1 aromatic carbocycles. The molecule has 0 aliphatic heterocycles. The lowest BCUT2D eigenvalue weighted by Gasteiger charge is -2.11. The fraction of sp³-hybridized carbons (Fsp3) is 0.300. The van der Waals surface area contributed by atoms with Crippen molar-refractivity contribution in [2.45, 2.75) is 37.3 Å². The van der Waals surface area contributed by atoms with Crippen LogP contribution in [0.5, 0.6) is 0 Å². The van der Waals surface area contributed by atoms with E-state index in [0.29, 0.717) is 0 Å². The molecule has 0 spiro atoms. The fourth-order valence-corrected chi connectivity index (χ4v) is 5.45. The van der Waals surface area contributed by atoms with Crippen molar-refractivity contribution < 1.29 is 0 Å². The van der Waals surface area contributed by atoms with Crippen LogP contribution in [0.25, 0.3) is 15.9 Å². The first kappa shape index (κ1) is 16.6. The monoisotopic (exact) mass is 368 g/mol. The number of benzene rings is 1. The molecule has 0 bridgehead atoms. The number of nitrogens with zero attached hydrogens (tertiary/aromatic N) is 2. The second-order valence-corrected chi connectivity index (χ2v) is 8.29. The molecule has 2 aromatic heterocycles. The Kier molecular flexibility index (Phi) is 4.77. The average molecular weight is 369 g/mol. The minimum atomic E-state index is 0.0714. The first-order valence-electron chi connectivity index (χ1n) is 8.66. The molecular formula is C20H20N2OS2. The van der Waals surface area contributed by atoms with Gasteiger partial charge in [0.05, 0.1) is 11.1 Å². The SMILES string of the molecule is C=CCSc1nc2sc3c(c2c(=O)n1-c1ccccc1)CCCCC3. The zero-order valence-electron chi connectivity index (χ0n) is 14.0. The predicted octanol–water partition coefficient (Wildman–Crippen LogP) is 4.99. The van der Waals surface area contributed by atoms with E-state index in [9.17, 15) is 4.79 Å².